The fraction of sp³-hybridized carbons (Fsp3) is 0.200. The predicted molar refractivity (Wildman–Crippen MR) is 123 cm³/mol. The molecule has 9 heteroatoms. The fourth-order valence-corrected chi connectivity index (χ4v) is 3.24. The molecule has 0 fully saturated rings. The lowest BCUT2D eigenvalue weighted by atomic mass is 10.1. The van der Waals surface area contributed by atoms with Crippen LogP contribution >= 0.6 is 0 Å². The van der Waals surface area contributed by atoms with Crippen molar-refractivity contribution >= 4 is 11.7 Å². The third-order valence-corrected chi connectivity index (χ3v) is 4.92. The summed E-state index contributed by atoms with van der Waals surface area (Å²) in [6, 6.07) is 15.8. The molecule has 0 aliphatic rings. The number of nitrogens with two attached hydrogens (primary N) is 1. The molecule has 4 N–H and O–H groups in total. The number of hydrogen-bond acceptors (Lipinski definition) is 5. The lowest BCUT2D eigenvalue weighted by Crippen LogP contribution is -2.32. The smallest absolute Gasteiger partial charge is 0.254 e. The van der Waals surface area contributed by atoms with Gasteiger partial charge in [0.15, 0.2) is 6.10 Å². The van der Waals surface area contributed by atoms with E-state index < -0.39 is 29.2 Å². The number of halogens is 2. The maximum absolute atomic E-state index is 14.6. The molecule has 7 nitrogen and oxygen atoms in total. The maximum atomic E-state index is 14.6. The second-order valence-electron chi connectivity index (χ2n) is 7.21. The second-order valence-corrected chi connectivity index (χ2v) is 7.21. The van der Waals surface area contributed by atoms with E-state index >= 15 is 0 Å². The van der Waals surface area contributed by atoms with E-state index in [0.29, 0.717) is 22.6 Å². The first-order valence-corrected chi connectivity index (χ1v) is 10.5. The Labute approximate surface area is 196 Å². The molecule has 1 amide bonds. The average molecular weight is 469 g/mol. The van der Waals surface area contributed by atoms with Crippen LogP contribution in [0.2, 0.25) is 0 Å². The van der Waals surface area contributed by atoms with Crippen LogP contribution in [-0.4, -0.2) is 25.5 Å². The molecule has 3 aromatic carbocycles. The molecule has 34 heavy (non-hydrogen) atoms. The predicted octanol–water partition coefficient (Wildman–Crippen LogP) is 4.44. The molecule has 0 aliphatic heterocycles. The number of amidine groups is 1. The van der Waals surface area contributed by atoms with E-state index in [0.717, 1.165) is 12.1 Å². The first kappa shape index (κ1) is 24.7. The van der Waals surface area contributed by atoms with E-state index in [1.165, 1.54) is 7.11 Å². The molecular weight excluding hydrogens is 444 g/mol. The minimum Gasteiger partial charge on any atom is -0.497 e. The Kier molecular flexibility index (Phi) is 8.15. The van der Waals surface area contributed by atoms with Crippen LogP contribution in [0.4, 0.5) is 8.78 Å². The summed E-state index contributed by atoms with van der Waals surface area (Å²) in [5, 5.41) is 10.3. The van der Waals surface area contributed by atoms with Gasteiger partial charge in [0, 0.05) is 36.4 Å². The van der Waals surface area contributed by atoms with Gasteiger partial charge in [0.25, 0.3) is 5.91 Å². The Hall–Kier alpha value is -3.98. The molecule has 1 atom stereocenters. The summed E-state index contributed by atoms with van der Waals surface area (Å²) in [5.41, 5.74) is 6.09. The number of carbonyl (C=O) groups excluding carboxylic acids is 1. The summed E-state index contributed by atoms with van der Waals surface area (Å²) in [6.07, 6.45) is -1.51. The van der Waals surface area contributed by atoms with Crippen molar-refractivity contribution in [3.05, 3.63) is 89.0 Å². The molecule has 0 spiro atoms. The lowest BCUT2D eigenvalue weighted by Gasteiger charge is -2.20. The molecule has 0 saturated heterocycles. The van der Waals surface area contributed by atoms with Crippen molar-refractivity contribution in [3.8, 4) is 17.2 Å². The summed E-state index contributed by atoms with van der Waals surface area (Å²) < 4.78 is 45.3. The summed E-state index contributed by atoms with van der Waals surface area (Å²) in [7, 11) is 1.28. The zero-order chi connectivity index (χ0) is 24.7. The van der Waals surface area contributed by atoms with Gasteiger partial charge in [-0.05, 0) is 25.1 Å². The Morgan fingerprint density at radius 2 is 1.74 bits per heavy atom. The number of rotatable bonds is 10. The standard InChI is InChI=1S/C25H25F2N3O4/c1-3-33-23(22-19(26)12-18(32-2)13-20(22)27)25(31)30-14-16-10-9-15(24(28)29)11-21(16)34-17-7-5-4-6-8-17/h4-13,23H,3,14H2,1-2H3,(H3,28,29)(H,30,31)/t23-/m0/s1. The topological polar surface area (TPSA) is 107 Å². The van der Waals surface area contributed by atoms with Crippen molar-refractivity contribution in [2.45, 2.75) is 19.6 Å². The number of methoxy groups -OCH3 is 1. The zero-order valence-electron chi connectivity index (χ0n) is 18.7. The Balaban J connectivity index is 1.85. The van der Waals surface area contributed by atoms with Crippen molar-refractivity contribution in [3.63, 3.8) is 0 Å². The van der Waals surface area contributed by atoms with Gasteiger partial charge in [-0.3, -0.25) is 10.2 Å². The highest BCUT2D eigenvalue weighted by atomic mass is 19.1. The first-order chi connectivity index (χ1) is 16.3. The number of nitrogen functional groups attached to an aromatic ring is 1. The van der Waals surface area contributed by atoms with Crippen molar-refractivity contribution in [1.82, 2.24) is 5.32 Å². The molecule has 0 aliphatic carbocycles. The summed E-state index contributed by atoms with van der Waals surface area (Å²) in [5.74, 6) is -1.88. The molecular formula is C25H25F2N3O4. The SMILES string of the molecule is CCO[C@H](C(=O)NCc1ccc(C(=N)N)cc1Oc1ccccc1)c1c(F)cc(OC)cc1F. The van der Waals surface area contributed by atoms with Crippen LogP contribution in [0, 0.1) is 17.0 Å². The minimum absolute atomic E-state index is 0.0114. The largest absolute Gasteiger partial charge is 0.497 e. The van der Waals surface area contributed by atoms with Crippen LogP contribution < -0.4 is 20.5 Å². The summed E-state index contributed by atoms with van der Waals surface area (Å²) >= 11 is 0. The van der Waals surface area contributed by atoms with Gasteiger partial charge >= 0.3 is 0 Å². The molecule has 3 rings (SSSR count). The highest BCUT2D eigenvalue weighted by molar-refractivity contribution is 5.95. The highest BCUT2D eigenvalue weighted by Crippen LogP contribution is 2.30. The number of amides is 1. The molecule has 3 aromatic rings. The third kappa shape index (κ3) is 5.87. The Morgan fingerprint density at radius 3 is 2.32 bits per heavy atom. The van der Waals surface area contributed by atoms with Gasteiger partial charge in [-0.1, -0.05) is 30.3 Å². The zero-order valence-corrected chi connectivity index (χ0v) is 18.7. The van der Waals surface area contributed by atoms with Gasteiger partial charge in [-0.2, -0.15) is 0 Å². The van der Waals surface area contributed by atoms with Crippen LogP contribution in [0.3, 0.4) is 0 Å². The van der Waals surface area contributed by atoms with E-state index in [-0.39, 0.29) is 24.7 Å². The van der Waals surface area contributed by atoms with Crippen molar-refractivity contribution in [2.24, 2.45) is 5.73 Å². The average Bonchev–Trinajstić information content (AvgIpc) is 2.82. The van der Waals surface area contributed by atoms with Crippen LogP contribution in [0.1, 0.15) is 29.7 Å². The molecule has 0 aromatic heterocycles. The van der Waals surface area contributed by atoms with Gasteiger partial charge < -0.3 is 25.3 Å². The van der Waals surface area contributed by atoms with Gasteiger partial charge in [0.2, 0.25) is 0 Å². The monoisotopic (exact) mass is 469 g/mol. The summed E-state index contributed by atoms with van der Waals surface area (Å²) in [4.78, 5) is 12.9. The van der Waals surface area contributed by atoms with Crippen LogP contribution in [0.5, 0.6) is 17.2 Å². The van der Waals surface area contributed by atoms with Crippen molar-refractivity contribution in [1.29, 1.82) is 5.41 Å². The molecule has 0 radical (unpaired) electrons. The first-order valence-electron chi connectivity index (χ1n) is 10.5. The molecule has 0 heterocycles. The number of para-hydroxylation sites is 1. The van der Waals surface area contributed by atoms with E-state index in [2.05, 4.69) is 5.32 Å². The van der Waals surface area contributed by atoms with E-state index in [1.807, 2.05) is 6.07 Å². The number of hydrogen-bond donors (Lipinski definition) is 3. The lowest BCUT2D eigenvalue weighted by molar-refractivity contribution is -0.133. The Morgan fingerprint density at radius 1 is 1.06 bits per heavy atom. The third-order valence-electron chi connectivity index (χ3n) is 4.92. The van der Waals surface area contributed by atoms with E-state index in [1.54, 1.807) is 49.4 Å². The minimum atomic E-state index is -1.51. The fourth-order valence-electron chi connectivity index (χ4n) is 3.24. The van der Waals surface area contributed by atoms with E-state index in [9.17, 15) is 13.6 Å². The second kappa shape index (κ2) is 11.2. The summed E-state index contributed by atoms with van der Waals surface area (Å²) in [6.45, 7) is 1.65. The van der Waals surface area contributed by atoms with E-state index in [4.69, 9.17) is 25.4 Å². The molecule has 0 saturated carbocycles. The Bertz CT molecular complexity index is 1150. The van der Waals surface area contributed by atoms with Crippen LogP contribution in [0.15, 0.2) is 60.7 Å². The number of ether oxygens (including phenoxy) is 3. The van der Waals surface area contributed by atoms with Crippen LogP contribution in [-0.2, 0) is 16.1 Å². The van der Waals surface area contributed by atoms with Gasteiger partial charge in [-0.25, -0.2) is 8.78 Å². The molecule has 0 unspecified atom stereocenters. The quantitative estimate of drug-likeness (QED) is 0.301. The van der Waals surface area contributed by atoms with Gasteiger partial charge in [0.05, 0.1) is 12.7 Å². The normalized spacial score (nSPS) is 11.5. The molecule has 0 bridgehead atoms. The van der Waals surface area contributed by atoms with Crippen molar-refractivity contribution in [2.75, 3.05) is 13.7 Å². The highest BCUT2D eigenvalue weighted by Gasteiger charge is 2.28. The van der Waals surface area contributed by atoms with Crippen molar-refractivity contribution < 1.29 is 27.8 Å². The maximum Gasteiger partial charge on any atom is 0.254 e. The number of benzene rings is 3. The number of nitrogens with one attached hydrogen (secondary N) is 2. The molecule has 178 valence electrons. The number of carbonyl (C=O) groups is 1. The van der Waals surface area contributed by atoms with Gasteiger partial charge in [-0.15, -0.1) is 0 Å². The van der Waals surface area contributed by atoms with Crippen LogP contribution in [0.25, 0.3) is 0 Å². The van der Waals surface area contributed by atoms with Gasteiger partial charge in [0.1, 0.15) is 34.7 Å².